The summed E-state index contributed by atoms with van der Waals surface area (Å²) in [7, 11) is 0. The zero-order chi connectivity index (χ0) is 33.7. The summed E-state index contributed by atoms with van der Waals surface area (Å²) in [4.78, 5) is 56.1. The van der Waals surface area contributed by atoms with Crippen molar-refractivity contribution >= 4 is 29.7 Å². The van der Waals surface area contributed by atoms with Crippen molar-refractivity contribution in [3.05, 3.63) is 42.1 Å². The number of likely N-dealkylation sites (tertiary alicyclic amines) is 1. The molecule has 1 aromatic rings. The van der Waals surface area contributed by atoms with Gasteiger partial charge in [0.05, 0.1) is 6.04 Å². The molecule has 1 saturated carbocycles. The van der Waals surface area contributed by atoms with E-state index < -0.39 is 66.3 Å². The van der Waals surface area contributed by atoms with Crippen LogP contribution >= 0.6 is 0 Å². The minimum absolute atomic E-state index is 0.0352. The molecule has 2 fully saturated rings. The van der Waals surface area contributed by atoms with E-state index in [1.54, 1.807) is 25.1 Å². The number of fused-ring (bicyclic) bond motifs is 1. The number of phenolic OH excluding ortho intramolecular Hbond substituents is 1. The number of rotatable bonds is 10. The van der Waals surface area contributed by atoms with Crippen molar-refractivity contribution in [3.63, 3.8) is 0 Å². The number of hydrogen-bond acceptors (Lipinski definition) is 9. The third kappa shape index (κ3) is 7.97. The predicted octanol–water partition coefficient (Wildman–Crippen LogP) is 0.444. The minimum Gasteiger partial charge on any atom is -0.508 e. The van der Waals surface area contributed by atoms with Crippen LogP contribution < -0.4 is 16.4 Å². The summed E-state index contributed by atoms with van der Waals surface area (Å²) in [6.45, 7) is 5.00. The molecule has 3 aliphatic rings. The van der Waals surface area contributed by atoms with Gasteiger partial charge in [0, 0.05) is 32.0 Å². The molecule has 0 bridgehead atoms. The number of nitrogens with two attached hydrogens (primary N) is 1. The number of benzene rings is 1. The summed E-state index contributed by atoms with van der Waals surface area (Å²) >= 11 is 0. The van der Waals surface area contributed by atoms with Gasteiger partial charge in [0.25, 0.3) is 0 Å². The molecular formula is C32H46N6O8. The van der Waals surface area contributed by atoms with Gasteiger partial charge in [-0.05, 0) is 55.2 Å². The van der Waals surface area contributed by atoms with Crippen LogP contribution in [0, 0.1) is 17.2 Å². The minimum atomic E-state index is -1.47. The Kier molecular flexibility index (Phi) is 11.3. The lowest BCUT2D eigenvalue weighted by Crippen LogP contribution is -2.61. The highest BCUT2D eigenvalue weighted by molar-refractivity contribution is 5.94. The van der Waals surface area contributed by atoms with E-state index in [1.807, 2.05) is 6.92 Å². The lowest BCUT2D eigenvalue weighted by molar-refractivity contribution is -0.152. The van der Waals surface area contributed by atoms with Gasteiger partial charge in [-0.25, -0.2) is 0 Å². The maximum absolute atomic E-state index is 14.5. The summed E-state index contributed by atoms with van der Waals surface area (Å²) in [5.74, 6) is -2.91. The van der Waals surface area contributed by atoms with E-state index >= 15 is 0 Å². The maximum Gasteiger partial charge on any atom is 0.302 e. The predicted molar refractivity (Wildman–Crippen MR) is 167 cm³/mol. The molecule has 14 heteroatoms. The van der Waals surface area contributed by atoms with Crippen LogP contribution in [0.2, 0.25) is 0 Å². The Morgan fingerprint density at radius 3 is 2.48 bits per heavy atom. The van der Waals surface area contributed by atoms with Crippen LogP contribution in [0.15, 0.2) is 36.5 Å². The van der Waals surface area contributed by atoms with Crippen LogP contribution in [0.4, 0.5) is 0 Å². The lowest BCUT2D eigenvalue weighted by atomic mass is 9.82. The number of ether oxygens (including phenoxy) is 1. The van der Waals surface area contributed by atoms with E-state index in [4.69, 9.17) is 15.9 Å². The van der Waals surface area contributed by atoms with Crippen molar-refractivity contribution in [2.45, 2.75) is 108 Å². The number of phenols is 1. The molecule has 2 unspecified atom stereocenters. The Labute approximate surface area is 268 Å². The number of hydrogen-bond donors (Lipinski definition) is 7. The van der Waals surface area contributed by atoms with Gasteiger partial charge in [-0.3, -0.25) is 29.5 Å². The number of nitrogens with zero attached hydrogens (tertiary/aromatic N) is 2. The van der Waals surface area contributed by atoms with Gasteiger partial charge in [0.2, 0.25) is 17.7 Å². The number of amides is 3. The first-order valence-corrected chi connectivity index (χ1v) is 15.8. The van der Waals surface area contributed by atoms with E-state index in [0.29, 0.717) is 37.7 Å². The Balaban J connectivity index is 1.58. The Morgan fingerprint density at radius 2 is 1.85 bits per heavy atom. The molecule has 0 aromatic heterocycles. The number of guanidine groups is 1. The van der Waals surface area contributed by atoms with Gasteiger partial charge in [0.15, 0.2) is 12.2 Å². The van der Waals surface area contributed by atoms with Gasteiger partial charge >= 0.3 is 5.97 Å². The molecule has 0 spiro atoms. The van der Waals surface area contributed by atoms with E-state index in [1.165, 1.54) is 30.2 Å². The average Bonchev–Trinajstić information content (AvgIpc) is 3.39. The van der Waals surface area contributed by atoms with Gasteiger partial charge in [-0.2, -0.15) is 0 Å². The van der Waals surface area contributed by atoms with Crippen LogP contribution in [-0.2, 0) is 30.3 Å². The van der Waals surface area contributed by atoms with Crippen LogP contribution in [0.25, 0.3) is 0 Å². The zero-order valence-corrected chi connectivity index (χ0v) is 26.5. The number of aliphatic hydroxyl groups excluding tert-OH is 2. The SMILES string of the molecule is CC[C@H](C)[C@@H](NC(=O)[C@H](O)Cc1ccc(O)cc1)C(=O)N1[C@@H](C(=O)NC2CC=CN(C(=N)N)C2O)C[C@H]2CC[C@@H](OC(C)=O)C[C@H]21. The topological polar surface area (TPSA) is 219 Å². The smallest absolute Gasteiger partial charge is 0.302 e. The summed E-state index contributed by atoms with van der Waals surface area (Å²) in [5, 5.41) is 44.4. The summed E-state index contributed by atoms with van der Waals surface area (Å²) < 4.78 is 5.51. The highest BCUT2D eigenvalue weighted by Gasteiger charge is 2.52. The van der Waals surface area contributed by atoms with Crippen LogP contribution in [0.3, 0.4) is 0 Å². The molecule has 4 rings (SSSR count). The van der Waals surface area contributed by atoms with Gasteiger partial charge in [-0.1, -0.05) is 38.5 Å². The molecule has 0 radical (unpaired) electrons. The standard InChI is InChI=1S/C32H46N6O8/c1-4-17(2)27(36-29(43)26(41)14-19-7-10-21(40)11-8-19)31(45)38-24-16-22(46-18(3)39)12-9-20(24)15-25(38)28(42)35-23-6-5-13-37(30(23)44)32(33)34/h5,7-8,10-11,13,17,20,22-27,30,40-41,44H,4,6,9,12,14-16H2,1-3H3,(H3,33,34)(H,35,42)(H,36,43)/t17-,20+,22+,23?,24+,25+,26+,27+,30?/m0/s1. The molecular weight excluding hydrogens is 596 g/mol. The van der Waals surface area contributed by atoms with Gasteiger partial charge in [-0.15, -0.1) is 0 Å². The maximum atomic E-state index is 14.5. The molecule has 1 aliphatic carbocycles. The Morgan fingerprint density at radius 1 is 1.15 bits per heavy atom. The molecule has 9 atom stereocenters. The summed E-state index contributed by atoms with van der Waals surface area (Å²) in [5.41, 5.74) is 6.20. The fraction of sp³-hybridized carbons (Fsp3) is 0.594. The first kappa shape index (κ1) is 34.7. The van der Waals surface area contributed by atoms with Crippen molar-refractivity contribution in [3.8, 4) is 5.75 Å². The highest BCUT2D eigenvalue weighted by Crippen LogP contribution is 2.41. The van der Waals surface area contributed by atoms with Crippen LogP contribution in [0.1, 0.15) is 64.9 Å². The van der Waals surface area contributed by atoms with Crippen LogP contribution in [-0.4, -0.2) is 97.4 Å². The molecule has 46 heavy (non-hydrogen) atoms. The first-order valence-electron chi connectivity index (χ1n) is 15.8. The Bertz CT molecular complexity index is 1320. The van der Waals surface area contributed by atoms with E-state index in [-0.39, 0.29) is 36.4 Å². The van der Waals surface area contributed by atoms with Crippen LogP contribution in [0.5, 0.6) is 5.75 Å². The number of nitrogens with one attached hydrogen (secondary N) is 3. The summed E-state index contributed by atoms with van der Waals surface area (Å²) in [6.07, 6.45) is 2.60. The molecule has 1 saturated heterocycles. The van der Waals surface area contributed by atoms with Gasteiger partial charge in [0.1, 0.15) is 30.0 Å². The van der Waals surface area contributed by atoms with Gasteiger partial charge < -0.3 is 41.3 Å². The molecule has 3 amide bonds. The zero-order valence-electron chi connectivity index (χ0n) is 26.5. The first-order chi connectivity index (χ1) is 21.8. The fourth-order valence-electron chi connectivity index (χ4n) is 6.71. The van der Waals surface area contributed by atoms with E-state index in [9.17, 15) is 34.5 Å². The van der Waals surface area contributed by atoms with E-state index in [2.05, 4.69) is 10.6 Å². The normalized spacial score (nSPS) is 27.6. The number of carbonyl (C=O) groups is 4. The second-order valence-corrected chi connectivity index (χ2v) is 12.6. The molecule has 2 aliphatic heterocycles. The third-order valence-corrected chi connectivity index (χ3v) is 9.37. The van der Waals surface area contributed by atoms with Crippen molar-refractivity contribution in [1.82, 2.24) is 20.4 Å². The summed E-state index contributed by atoms with van der Waals surface area (Å²) in [6, 6.07) is 2.84. The largest absolute Gasteiger partial charge is 0.508 e. The molecule has 8 N–H and O–H groups in total. The molecule has 2 heterocycles. The number of carbonyl (C=O) groups excluding carboxylic acids is 4. The van der Waals surface area contributed by atoms with Crippen molar-refractivity contribution in [2.75, 3.05) is 0 Å². The van der Waals surface area contributed by atoms with Crippen molar-refractivity contribution in [2.24, 2.45) is 17.6 Å². The second-order valence-electron chi connectivity index (χ2n) is 12.6. The molecule has 14 nitrogen and oxygen atoms in total. The Hall–Kier alpha value is -4.17. The number of aliphatic hydroxyl groups is 2. The molecule has 1 aromatic carbocycles. The second kappa shape index (κ2) is 14.9. The average molecular weight is 643 g/mol. The highest BCUT2D eigenvalue weighted by atomic mass is 16.5. The third-order valence-electron chi connectivity index (χ3n) is 9.37. The number of aromatic hydroxyl groups is 1. The quantitative estimate of drug-likeness (QED) is 0.106. The van der Waals surface area contributed by atoms with Crippen molar-refractivity contribution < 1.29 is 39.2 Å². The van der Waals surface area contributed by atoms with Crippen molar-refractivity contribution in [1.29, 1.82) is 5.41 Å². The van der Waals surface area contributed by atoms with E-state index in [0.717, 1.165) is 4.90 Å². The fourth-order valence-corrected chi connectivity index (χ4v) is 6.71. The number of esters is 1. The molecule has 252 valence electrons. The lowest BCUT2D eigenvalue weighted by Gasteiger charge is -2.40. The monoisotopic (exact) mass is 642 g/mol.